The van der Waals surface area contributed by atoms with Crippen LogP contribution in [0.25, 0.3) is 0 Å². The third-order valence-electron chi connectivity index (χ3n) is 1.31. The zero-order chi connectivity index (χ0) is 10.0. The van der Waals surface area contributed by atoms with E-state index in [-0.39, 0.29) is 6.29 Å². The average Bonchev–Trinajstić information content (AvgIpc) is 2.03. The van der Waals surface area contributed by atoms with Gasteiger partial charge in [0.05, 0.1) is 5.56 Å². The van der Waals surface area contributed by atoms with Crippen LogP contribution in [0.5, 0.6) is 0 Å². The molecule has 0 aliphatic heterocycles. The molecule has 1 aromatic heterocycles. The first-order valence-electron chi connectivity index (χ1n) is 3.10. The Hall–Kier alpha value is -1.85. The van der Waals surface area contributed by atoms with E-state index in [2.05, 4.69) is 4.98 Å². The highest BCUT2D eigenvalue weighted by Crippen LogP contribution is 2.09. The average molecular weight is 187 g/mol. The molecule has 68 valence electrons. The largest absolute Gasteiger partial charge is 0.478 e. The third kappa shape index (κ3) is 1.66. The minimum atomic E-state index is -1.60. The monoisotopic (exact) mass is 187 g/mol. The molecule has 1 heterocycles. The standard InChI is InChI=1S/C7H3F2NO3/c8-5-3(2-11)1-4(7(12)13)6(9)10-5/h1-2H,(H,12,13). The van der Waals surface area contributed by atoms with Gasteiger partial charge in [0.25, 0.3) is 0 Å². The number of aldehydes is 1. The van der Waals surface area contributed by atoms with Gasteiger partial charge < -0.3 is 5.11 Å². The Labute approximate surface area is 70.8 Å². The van der Waals surface area contributed by atoms with Crippen molar-refractivity contribution in [3.63, 3.8) is 0 Å². The number of carbonyl (C=O) groups is 2. The van der Waals surface area contributed by atoms with Crippen molar-refractivity contribution in [2.24, 2.45) is 0 Å². The molecule has 0 aliphatic rings. The van der Waals surface area contributed by atoms with Gasteiger partial charge in [0.15, 0.2) is 6.29 Å². The van der Waals surface area contributed by atoms with Gasteiger partial charge >= 0.3 is 5.97 Å². The minimum Gasteiger partial charge on any atom is -0.478 e. The van der Waals surface area contributed by atoms with Crippen LogP contribution in [0.3, 0.4) is 0 Å². The number of hydrogen-bond donors (Lipinski definition) is 1. The molecule has 0 saturated carbocycles. The first-order valence-corrected chi connectivity index (χ1v) is 3.10. The third-order valence-corrected chi connectivity index (χ3v) is 1.31. The molecule has 0 aromatic carbocycles. The van der Waals surface area contributed by atoms with E-state index in [1.54, 1.807) is 0 Å². The van der Waals surface area contributed by atoms with Crippen LogP contribution in [0.15, 0.2) is 6.07 Å². The van der Waals surface area contributed by atoms with Crippen LogP contribution in [0.4, 0.5) is 8.78 Å². The molecular formula is C7H3F2NO3. The summed E-state index contributed by atoms with van der Waals surface area (Å²) < 4.78 is 25.1. The Morgan fingerprint density at radius 3 is 2.54 bits per heavy atom. The molecule has 13 heavy (non-hydrogen) atoms. The Kier molecular flexibility index (Phi) is 2.32. The van der Waals surface area contributed by atoms with E-state index in [1.807, 2.05) is 0 Å². The topological polar surface area (TPSA) is 67.3 Å². The normalized spacial score (nSPS) is 9.69. The van der Waals surface area contributed by atoms with Gasteiger partial charge in [0.2, 0.25) is 11.9 Å². The van der Waals surface area contributed by atoms with Crippen LogP contribution in [0, 0.1) is 11.9 Å². The first-order chi connectivity index (χ1) is 6.06. The molecule has 1 rings (SSSR count). The smallest absolute Gasteiger partial charge is 0.340 e. The molecular weight excluding hydrogens is 184 g/mol. The summed E-state index contributed by atoms with van der Waals surface area (Å²) in [6.07, 6.45) is 0.0637. The number of carboxylic acid groups (broad SMARTS) is 1. The fourth-order valence-electron chi connectivity index (χ4n) is 0.718. The second-order valence-electron chi connectivity index (χ2n) is 2.13. The molecule has 0 unspecified atom stereocenters. The van der Waals surface area contributed by atoms with E-state index in [9.17, 15) is 18.4 Å². The van der Waals surface area contributed by atoms with Gasteiger partial charge in [-0.15, -0.1) is 0 Å². The zero-order valence-corrected chi connectivity index (χ0v) is 6.12. The lowest BCUT2D eigenvalue weighted by atomic mass is 10.2. The Balaban J connectivity index is 3.38. The van der Waals surface area contributed by atoms with Gasteiger partial charge in [-0.2, -0.15) is 13.8 Å². The maximum Gasteiger partial charge on any atom is 0.340 e. The van der Waals surface area contributed by atoms with Crippen molar-refractivity contribution in [3.8, 4) is 0 Å². The van der Waals surface area contributed by atoms with Crippen molar-refractivity contribution in [3.05, 3.63) is 29.1 Å². The number of aromatic nitrogens is 1. The van der Waals surface area contributed by atoms with Crippen LogP contribution in [0.1, 0.15) is 20.7 Å². The lowest BCUT2D eigenvalue weighted by Crippen LogP contribution is -2.06. The molecule has 0 fully saturated rings. The predicted molar refractivity (Wildman–Crippen MR) is 36.5 cm³/mol. The summed E-state index contributed by atoms with van der Waals surface area (Å²) in [5.41, 5.74) is -1.41. The maximum absolute atomic E-state index is 12.6. The molecule has 6 heteroatoms. The van der Waals surface area contributed by atoms with Crippen molar-refractivity contribution in [2.45, 2.75) is 0 Å². The highest BCUT2D eigenvalue weighted by atomic mass is 19.1. The highest BCUT2D eigenvalue weighted by molar-refractivity contribution is 5.89. The van der Waals surface area contributed by atoms with E-state index in [0.717, 1.165) is 0 Å². The number of halogens is 2. The molecule has 0 aliphatic carbocycles. The second kappa shape index (κ2) is 3.26. The van der Waals surface area contributed by atoms with Gasteiger partial charge in [-0.1, -0.05) is 0 Å². The molecule has 1 N–H and O–H groups in total. The highest BCUT2D eigenvalue weighted by Gasteiger charge is 2.15. The fourth-order valence-corrected chi connectivity index (χ4v) is 0.718. The maximum atomic E-state index is 12.6. The minimum absolute atomic E-state index is 0.0637. The summed E-state index contributed by atoms with van der Waals surface area (Å²) in [6.45, 7) is 0. The van der Waals surface area contributed by atoms with Crippen LogP contribution >= 0.6 is 0 Å². The van der Waals surface area contributed by atoms with Gasteiger partial charge in [0, 0.05) is 0 Å². The van der Waals surface area contributed by atoms with E-state index >= 15 is 0 Å². The molecule has 0 amide bonds. The van der Waals surface area contributed by atoms with Gasteiger partial charge in [0.1, 0.15) is 5.56 Å². The number of pyridine rings is 1. The van der Waals surface area contributed by atoms with Crippen molar-refractivity contribution in [2.75, 3.05) is 0 Å². The summed E-state index contributed by atoms with van der Waals surface area (Å²) >= 11 is 0. The molecule has 0 bridgehead atoms. The van der Waals surface area contributed by atoms with Crippen molar-refractivity contribution in [1.29, 1.82) is 0 Å². The summed E-state index contributed by atoms with van der Waals surface area (Å²) in [4.78, 5) is 23.0. The lowest BCUT2D eigenvalue weighted by molar-refractivity contribution is 0.0690. The van der Waals surface area contributed by atoms with Gasteiger partial charge in [-0.25, -0.2) is 4.79 Å². The number of nitrogens with zero attached hydrogens (tertiary/aromatic N) is 1. The fraction of sp³-hybridized carbons (Fsp3) is 0. The Morgan fingerprint density at radius 1 is 1.46 bits per heavy atom. The van der Waals surface area contributed by atoms with Crippen LogP contribution < -0.4 is 0 Å². The SMILES string of the molecule is O=Cc1cc(C(=O)O)c(F)nc1F. The van der Waals surface area contributed by atoms with Gasteiger partial charge in [-0.3, -0.25) is 4.79 Å². The summed E-state index contributed by atoms with van der Waals surface area (Å²) in [7, 11) is 0. The summed E-state index contributed by atoms with van der Waals surface area (Å²) in [5, 5.41) is 8.36. The number of carbonyl (C=O) groups excluding carboxylic acids is 1. The van der Waals surface area contributed by atoms with Crippen molar-refractivity contribution in [1.82, 2.24) is 4.98 Å². The van der Waals surface area contributed by atoms with E-state index in [0.29, 0.717) is 6.07 Å². The summed E-state index contributed by atoms with van der Waals surface area (Å²) in [5.74, 6) is -4.37. The molecule has 0 atom stereocenters. The summed E-state index contributed by atoms with van der Waals surface area (Å²) in [6, 6.07) is 0.590. The van der Waals surface area contributed by atoms with Gasteiger partial charge in [-0.05, 0) is 6.07 Å². The first kappa shape index (κ1) is 9.24. The lowest BCUT2D eigenvalue weighted by Gasteiger charge is -1.98. The van der Waals surface area contributed by atoms with Crippen LogP contribution in [0.2, 0.25) is 0 Å². The Morgan fingerprint density at radius 2 is 2.08 bits per heavy atom. The number of aromatic carboxylic acids is 1. The number of hydrogen-bond acceptors (Lipinski definition) is 3. The number of rotatable bonds is 2. The molecule has 0 saturated heterocycles. The molecule has 0 spiro atoms. The van der Waals surface area contributed by atoms with E-state index < -0.39 is 29.0 Å². The van der Waals surface area contributed by atoms with Crippen molar-refractivity contribution < 1.29 is 23.5 Å². The van der Waals surface area contributed by atoms with E-state index in [4.69, 9.17) is 5.11 Å². The molecule has 0 radical (unpaired) electrons. The predicted octanol–water partition coefficient (Wildman–Crippen LogP) is 0.871. The molecule has 4 nitrogen and oxygen atoms in total. The van der Waals surface area contributed by atoms with E-state index in [1.165, 1.54) is 0 Å². The Bertz CT molecular complexity index is 378. The second-order valence-corrected chi connectivity index (χ2v) is 2.13. The zero-order valence-electron chi connectivity index (χ0n) is 6.12. The quantitative estimate of drug-likeness (QED) is 0.551. The number of carboxylic acids is 1. The van der Waals surface area contributed by atoms with Crippen molar-refractivity contribution >= 4 is 12.3 Å². The van der Waals surface area contributed by atoms with Crippen LogP contribution in [-0.2, 0) is 0 Å². The van der Waals surface area contributed by atoms with Crippen LogP contribution in [-0.4, -0.2) is 22.3 Å². The molecule has 1 aromatic rings.